The Morgan fingerprint density at radius 3 is 2.54 bits per heavy atom. The Kier molecular flexibility index (Phi) is 12.1. The average Bonchev–Trinajstić information content (AvgIpc) is 2.58. The Morgan fingerprint density at radius 2 is 1.96 bits per heavy atom. The highest BCUT2D eigenvalue weighted by Gasteiger charge is 2.37. The number of nitrogens with one attached hydrogen (secondary N) is 2. The Bertz CT molecular complexity index is 395. The van der Waals surface area contributed by atoms with Gasteiger partial charge in [-0.25, -0.2) is 0 Å². The fourth-order valence-electron chi connectivity index (χ4n) is 4.03. The summed E-state index contributed by atoms with van der Waals surface area (Å²) in [6.07, 6.45) is 8.72. The van der Waals surface area contributed by atoms with Gasteiger partial charge in [0, 0.05) is 46.6 Å². The number of aliphatic imine (C=N–C) groups is 1. The Hall–Kier alpha value is -0.0800. The van der Waals surface area contributed by atoms with Gasteiger partial charge in [0.05, 0.1) is 0 Å². The second-order valence-corrected chi connectivity index (χ2v) is 8.29. The van der Waals surface area contributed by atoms with Crippen molar-refractivity contribution in [3.8, 4) is 0 Å². The highest BCUT2D eigenvalue weighted by molar-refractivity contribution is 14.0. The molecule has 6 heteroatoms. The molecule has 0 radical (unpaired) electrons. The summed E-state index contributed by atoms with van der Waals surface area (Å²) in [7, 11) is 1.85. The zero-order chi connectivity index (χ0) is 18.0. The number of halogens is 1. The van der Waals surface area contributed by atoms with Gasteiger partial charge in [0.25, 0.3) is 0 Å². The summed E-state index contributed by atoms with van der Waals surface area (Å²) in [6, 6.07) is 0. The molecule has 0 unspecified atom stereocenters. The van der Waals surface area contributed by atoms with Crippen molar-refractivity contribution in [1.82, 2.24) is 10.6 Å². The largest absolute Gasteiger partial charge is 0.381 e. The normalized spacial score (nSPS) is 20.4. The third-order valence-corrected chi connectivity index (χ3v) is 5.56. The summed E-state index contributed by atoms with van der Waals surface area (Å²) < 4.78 is 11.2. The Morgan fingerprint density at radius 1 is 1.23 bits per heavy atom. The van der Waals surface area contributed by atoms with E-state index in [2.05, 4.69) is 29.5 Å². The summed E-state index contributed by atoms with van der Waals surface area (Å²) in [4.78, 5) is 4.36. The first-order valence-electron chi connectivity index (χ1n) is 10.2. The third kappa shape index (κ3) is 8.74. The average molecular weight is 481 g/mol. The maximum atomic E-state index is 5.82. The molecule has 0 atom stereocenters. The van der Waals surface area contributed by atoms with Gasteiger partial charge in [0.1, 0.15) is 0 Å². The topological polar surface area (TPSA) is 54.9 Å². The van der Waals surface area contributed by atoms with Crippen LogP contribution in [0.25, 0.3) is 0 Å². The molecule has 2 rings (SSSR count). The van der Waals surface area contributed by atoms with Gasteiger partial charge < -0.3 is 20.1 Å². The van der Waals surface area contributed by atoms with Crippen molar-refractivity contribution < 1.29 is 9.47 Å². The molecule has 2 N–H and O–H groups in total. The molecule has 2 fully saturated rings. The predicted molar refractivity (Wildman–Crippen MR) is 119 cm³/mol. The highest BCUT2D eigenvalue weighted by atomic mass is 127. The molecule has 1 aliphatic heterocycles. The monoisotopic (exact) mass is 481 g/mol. The van der Waals surface area contributed by atoms with Crippen molar-refractivity contribution in [2.24, 2.45) is 22.2 Å². The predicted octanol–water partition coefficient (Wildman–Crippen LogP) is 3.82. The van der Waals surface area contributed by atoms with Crippen LogP contribution in [0.1, 0.15) is 58.8 Å². The van der Waals surface area contributed by atoms with E-state index in [1.807, 2.05) is 7.05 Å². The molecule has 154 valence electrons. The summed E-state index contributed by atoms with van der Waals surface area (Å²) in [5.41, 5.74) is 0.499. The minimum atomic E-state index is 0. The van der Waals surface area contributed by atoms with Crippen LogP contribution in [0.2, 0.25) is 0 Å². The van der Waals surface area contributed by atoms with E-state index in [0.29, 0.717) is 11.3 Å². The standard InChI is InChI=1S/C20H39N3O2.HI/c1-17(2)14-20(8-4-9-20)16-23-19(21-3)22-10-5-11-25-15-18-6-12-24-13-7-18;/h17-18H,4-16H2,1-3H3,(H2,21,22,23);1H. The van der Waals surface area contributed by atoms with Gasteiger partial charge in [-0.3, -0.25) is 4.99 Å². The molecule has 0 aromatic rings. The number of nitrogens with zero attached hydrogens (tertiary/aromatic N) is 1. The molecule has 1 saturated carbocycles. The van der Waals surface area contributed by atoms with E-state index < -0.39 is 0 Å². The van der Waals surface area contributed by atoms with Gasteiger partial charge in [0.2, 0.25) is 0 Å². The number of rotatable bonds is 10. The van der Waals surface area contributed by atoms with E-state index in [1.165, 1.54) is 25.7 Å². The van der Waals surface area contributed by atoms with E-state index in [0.717, 1.165) is 70.7 Å². The van der Waals surface area contributed by atoms with Gasteiger partial charge >= 0.3 is 0 Å². The number of hydrogen-bond acceptors (Lipinski definition) is 3. The van der Waals surface area contributed by atoms with Crippen LogP contribution >= 0.6 is 24.0 Å². The van der Waals surface area contributed by atoms with Crippen LogP contribution in [-0.4, -0.2) is 52.5 Å². The molecule has 0 spiro atoms. The summed E-state index contributed by atoms with van der Waals surface area (Å²) in [6.45, 7) is 10.1. The van der Waals surface area contributed by atoms with Crippen LogP contribution in [-0.2, 0) is 9.47 Å². The SMILES string of the molecule is CN=C(NCCCOCC1CCOCC1)NCC1(CC(C)C)CCC1.I. The molecular weight excluding hydrogens is 441 g/mol. The Balaban J connectivity index is 0.00000338. The smallest absolute Gasteiger partial charge is 0.190 e. The molecular formula is C20H40IN3O2. The Labute approximate surface area is 177 Å². The van der Waals surface area contributed by atoms with Crippen LogP contribution in [0.4, 0.5) is 0 Å². The van der Waals surface area contributed by atoms with Gasteiger partial charge in [-0.15, -0.1) is 24.0 Å². The molecule has 1 saturated heterocycles. The zero-order valence-electron chi connectivity index (χ0n) is 17.0. The van der Waals surface area contributed by atoms with Gasteiger partial charge in [0.15, 0.2) is 5.96 Å². The van der Waals surface area contributed by atoms with Gasteiger partial charge in [-0.05, 0) is 55.8 Å². The van der Waals surface area contributed by atoms with Crippen molar-refractivity contribution in [2.45, 2.75) is 58.8 Å². The van der Waals surface area contributed by atoms with E-state index in [4.69, 9.17) is 9.47 Å². The van der Waals surface area contributed by atoms with Crippen LogP contribution in [0, 0.1) is 17.3 Å². The lowest BCUT2D eigenvalue weighted by molar-refractivity contribution is 0.0203. The lowest BCUT2D eigenvalue weighted by atomic mass is 9.64. The molecule has 1 aliphatic carbocycles. The summed E-state index contributed by atoms with van der Waals surface area (Å²) in [5, 5.41) is 6.97. The maximum absolute atomic E-state index is 5.82. The molecule has 0 amide bonds. The van der Waals surface area contributed by atoms with Gasteiger partial charge in [-0.2, -0.15) is 0 Å². The minimum absolute atomic E-state index is 0. The zero-order valence-corrected chi connectivity index (χ0v) is 19.3. The van der Waals surface area contributed by atoms with Crippen molar-refractivity contribution in [1.29, 1.82) is 0 Å². The molecule has 0 aromatic carbocycles. The van der Waals surface area contributed by atoms with Crippen molar-refractivity contribution in [3.05, 3.63) is 0 Å². The van der Waals surface area contributed by atoms with Crippen LogP contribution in [0.3, 0.4) is 0 Å². The van der Waals surface area contributed by atoms with Crippen LogP contribution in [0.5, 0.6) is 0 Å². The first-order chi connectivity index (χ1) is 12.1. The molecule has 0 aromatic heterocycles. The minimum Gasteiger partial charge on any atom is -0.381 e. The quantitative estimate of drug-likeness (QED) is 0.216. The fourth-order valence-corrected chi connectivity index (χ4v) is 4.03. The van der Waals surface area contributed by atoms with Crippen molar-refractivity contribution in [3.63, 3.8) is 0 Å². The lowest BCUT2D eigenvalue weighted by Crippen LogP contribution is -2.47. The summed E-state index contributed by atoms with van der Waals surface area (Å²) in [5.74, 6) is 2.39. The fraction of sp³-hybridized carbons (Fsp3) is 0.950. The molecule has 26 heavy (non-hydrogen) atoms. The first kappa shape index (κ1) is 24.0. The number of hydrogen-bond donors (Lipinski definition) is 2. The van der Waals surface area contributed by atoms with Crippen LogP contribution in [0.15, 0.2) is 4.99 Å². The third-order valence-electron chi connectivity index (χ3n) is 5.56. The maximum Gasteiger partial charge on any atom is 0.190 e. The molecule has 0 bridgehead atoms. The number of guanidine groups is 1. The second-order valence-electron chi connectivity index (χ2n) is 8.29. The second kappa shape index (κ2) is 13.2. The van der Waals surface area contributed by atoms with E-state index in [9.17, 15) is 0 Å². The summed E-state index contributed by atoms with van der Waals surface area (Å²) >= 11 is 0. The first-order valence-corrected chi connectivity index (χ1v) is 10.2. The molecule has 5 nitrogen and oxygen atoms in total. The molecule has 1 heterocycles. The van der Waals surface area contributed by atoms with Crippen molar-refractivity contribution >= 4 is 29.9 Å². The molecule has 2 aliphatic rings. The van der Waals surface area contributed by atoms with E-state index in [1.54, 1.807) is 0 Å². The van der Waals surface area contributed by atoms with E-state index in [-0.39, 0.29) is 24.0 Å². The van der Waals surface area contributed by atoms with Crippen molar-refractivity contribution in [2.75, 3.05) is 46.6 Å². The van der Waals surface area contributed by atoms with E-state index >= 15 is 0 Å². The lowest BCUT2D eigenvalue weighted by Gasteiger charge is -2.43. The van der Waals surface area contributed by atoms with Crippen LogP contribution < -0.4 is 10.6 Å². The highest BCUT2D eigenvalue weighted by Crippen LogP contribution is 2.45. The number of ether oxygens (including phenoxy) is 2. The van der Waals surface area contributed by atoms with Gasteiger partial charge in [-0.1, -0.05) is 20.3 Å².